The van der Waals surface area contributed by atoms with Crippen molar-refractivity contribution in [3.8, 4) is 0 Å². The first-order valence-electron chi connectivity index (χ1n) is 10.8. The van der Waals surface area contributed by atoms with Crippen molar-refractivity contribution in [1.82, 2.24) is 12.3 Å². The van der Waals surface area contributed by atoms with E-state index in [1.165, 1.54) is 5.57 Å². The Morgan fingerprint density at radius 2 is 1.20 bits per heavy atom. The van der Waals surface area contributed by atoms with Gasteiger partial charge in [-0.3, -0.25) is 4.79 Å². The minimum absolute atomic E-state index is 0. The van der Waals surface area contributed by atoms with Gasteiger partial charge in [-0.05, 0) is 73.4 Å². The van der Waals surface area contributed by atoms with E-state index in [0.717, 1.165) is 6.42 Å². The lowest BCUT2D eigenvalue weighted by Crippen LogP contribution is -2.20. The number of nitrogens with two attached hydrogens (primary N) is 2. The lowest BCUT2D eigenvalue weighted by atomic mass is 9.77. The van der Waals surface area contributed by atoms with Crippen LogP contribution in [0.4, 0.5) is 11.4 Å². The molecular formula is C26H38N4O5. The number of hydrogen-bond donors (Lipinski definition) is 4. The molecule has 2 aromatic rings. The van der Waals surface area contributed by atoms with Gasteiger partial charge in [-0.2, -0.15) is 0 Å². The lowest BCUT2D eigenvalue weighted by molar-refractivity contribution is -0.117. The highest BCUT2D eigenvalue weighted by molar-refractivity contribution is 5.92. The van der Waals surface area contributed by atoms with Gasteiger partial charge in [0.1, 0.15) is 0 Å². The van der Waals surface area contributed by atoms with Gasteiger partial charge in [0.2, 0.25) is 0 Å². The van der Waals surface area contributed by atoms with Gasteiger partial charge in [-0.1, -0.05) is 19.4 Å². The number of esters is 2. The predicted molar refractivity (Wildman–Crippen MR) is 139 cm³/mol. The van der Waals surface area contributed by atoms with E-state index in [0.29, 0.717) is 35.3 Å². The number of carbonyl (C=O) groups is 3. The zero-order valence-electron chi connectivity index (χ0n) is 20.8. The van der Waals surface area contributed by atoms with Crippen LogP contribution in [0.1, 0.15) is 60.7 Å². The molecule has 0 bridgehead atoms. The summed E-state index contributed by atoms with van der Waals surface area (Å²) in [7, 11) is 0. The first kappa shape index (κ1) is 31.3. The van der Waals surface area contributed by atoms with E-state index in [1.54, 1.807) is 54.6 Å². The van der Waals surface area contributed by atoms with Crippen LogP contribution < -0.4 is 23.8 Å². The lowest BCUT2D eigenvalue weighted by Gasteiger charge is -2.27. The van der Waals surface area contributed by atoms with Crippen LogP contribution in [-0.2, 0) is 14.3 Å². The molecule has 192 valence electrons. The summed E-state index contributed by atoms with van der Waals surface area (Å²) in [5.41, 5.74) is 14.5. The van der Waals surface area contributed by atoms with E-state index >= 15 is 0 Å². The predicted octanol–water partition coefficient (Wildman–Crippen LogP) is 4.90. The minimum atomic E-state index is -0.435. The monoisotopic (exact) mass is 486 g/mol. The van der Waals surface area contributed by atoms with Crippen LogP contribution in [0.25, 0.3) is 0 Å². The van der Waals surface area contributed by atoms with Gasteiger partial charge in [0.05, 0.1) is 24.3 Å². The molecule has 0 fully saturated rings. The molecule has 9 heteroatoms. The molecule has 0 heterocycles. The quantitative estimate of drug-likeness (QED) is 0.249. The molecule has 0 aromatic heterocycles. The molecular weight excluding hydrogens is 448 g/mol. The van der Waals surface area contributed by atoms with Crippen molar-refractivity contribution in [3.05, 3.63) is 71.3 Å². The van der Waals surface area contributed by atoms with Crippen molar-refractivity contribution in [3.63, 3.8) is 0 Å². The number of hydrogen-bond acceptors (Lipinski definition) is 9. The first-order chi connectivity index (χ1) is 15.6. The molecule has 9 nitrogen and oxygen atoms in total. The number of ketones is 1. The summed E-state index contributed by atoms with van der Waals surface area (Å²) < 4.78 is 10.2. The fourth-order valence-corrected chi connectivity index (χ4v) is 3.46. The SMILES string of the molecule is CC1=CC(=O)CC(C)(C)C1.N.N.Nc1ccc(C(=O)OCCCOC(=O)c2ccc(N)cc2)cc1. The van der Waals surface area contributed by atoms with Crippen LogP contribution in [0.2, 0.25) is 0 Å². The highest BCUT2D eigenvalue weighted by Gasteiger charge is 2.25. The topological polar surface area (TPSA) is 192 Å². The molecule has 0 spiro atoms. The molecule has 0 aliphatic heterocycles. The number of rotatable bonds is 6. The molecule has 10 N–H and O–H groups in total. The number of carbonyl (C=O) groups excluding carboxylic acids is 3. The second-order valence-electron chi connectivity index (χ2n) is 8.84. The fraction of sp³-hybridized carbons (Fsp3) is 0.346. The van der Waals surface area contributed by atoms with Crippen molar-refractivity contribution in [2.24, 2.45) is 5.41 Å². The summed E-state index contributed by atoms with van der Waals surface area (Å²) in [4.78, 5) is 34.5. The second kappa shape index (κ2) is 14.5. The Balaban J connectivity index is 0.000000816. The number of benzene rings is 2. The molecule has 1 aliphatic rings. The van der Waals surface area contributed by atoms with Crippen LogP contribution in [0.3, 0.4) is 0 Å². The standard InChI is InChI=1S/C17H18N2O4.C9H14O.2H3N/c18-14-6-2-12(3-7-14)16(20)22-10-1-11-23-17(21)13-4-8-15(19)9-5-13;1-7-4-8(10)6-9(2,3)5-7;;/h2-9H,1,10-11,18-19H2;4H,5-6H2,1-3H3;2*1H3. The zero-order valence-corrected chi connectivity index (χ0v) is 20.8. The molecule has 0 unspecified atom stereocenters. The third kappa shape index (κ3) is 11.3. The molecule has 0 saturated heterocycles. The van der Waals surface area contributed by atoms with Crippen molar-refractivity contribution in [1.29, 1.82) is 0 Å². The van der Waals surface area contributed by atoms with Crippen molar-refractivity contribution in [2.45, 2.75) is 40.0 Å². The summed E-state index contributed by atoms with van der Waals surface area (Å²) >= 11 is 0. The molecule has 0 atom stereocenters. The largest absolute Gasteiger partial charge is 0.462 e. The minimum Gasteiger partial charge on any atom is -0.462 e. The Morgan fingerprint density at radius 3 is 1.54 bits per heavy atom. The maximum atomic E-state index is 11.7. The maximum Gasteiger partial charge on any atom is 0.338 e. The molecule has 35 heavy (non-hydrogen) atoms. The van der Waals surface area contributed by atoms with Gasteiger partial charge in [0.15, 0.2) is 5.78 Å². The molecule has 0 amide bonds. The van der Waals surface area contributed by atoms with Gasteiger partial charge in [-0.15, -0.1) is 0 Å². The maximum absolute atomic E-state index is 11.7. The Kier molecular flexibility index (Phi) is 13.0. The molecule has 0 saturated carbocycles. The highest BCUT2D eigenvalue weighted by atomic mass is 16.5. The zero-order chi connectivity index (χ0) is 24.4. The third-order valence-corrected chi connectivity index (χ3v) is 4.87. The van der Waals surface area contributed by atoms with E-state index in [1.807, 2.05) is 6.92 Å². The van der Waals surface area contributed by atoms with Gasteiger partial charge in [0.25, 0.3) is 0 Å². The third-order valence-electron chi connectivity index (χ3n) is 4.87. The van der Waals surface area contributed by atoms with Crippen LogP contribution >= 0.6 is 0 Å². The molecule has 0 radical (unpaired) electrons. The summed E-state index contributed by atoms with van der Waals surface area (Å²) in [6, 6.07) is 12.9. The van der Waals surface area contributed by atoms with Crippen LogP contribution in [0, 0.1) is 5.41 Å². The summed E-state index contributed by atoms with van der Waals surface area (Å²) in [6.45, 7) is 6.64. The molecule has 1 aliphatic carbocycles. The average molecular weight is 487 g/mol. The normalized spacial score (nSPS) is 13.6. The number of nitrogen functional groups attached to an aromatic ring is 2. The van der Waals surface area contributed by atoms with E-state index in [2.05, 4.69) is 13.8 Å². The van der Waals surface area contributed by atoms with Crippen LogP contribution in [0.5, 0.6) is 0 Å². The number of ether oxygens (including phenoxy) is 2. The first-order valence-corrected chi connectivity index (χ1v) is 10.8. The van der Waals surface area contributed by atoms with Gasteiger partial charge < -0.3 is 33.2 Å². The summed E-state index contributed by atoms with van der Waals surface area (Å²) in [5, 5.41) is 0. The Hall–Kier alpha value is -3.69. The molecule has 3 rings (SSSR count). The number of allylic oxidation sites excluding steroid dienone is 2. The van der Waals surface area contributed by atoms with Gasteiger partial charge in [-0.25, -0.2) is 9.59 Å². The van der Waals surface area contributed by atoms with Crippen LogP contribution in [0.15, 0.2) is 60.2 Å². The summed E-state index contributed by atoms with van der Waals surface area (Å²) in [6.07, 6.45) is 3.97. The van der Waals surface area contributed by atoms with Crippen molar-refractivity contribution in [2.75, 3.05) is 24.7 Å². The van der Waals surface area contributed by atoms with E-state index < -0.39 is 11.9 Å². The van der Waals surface area contributed by atoms with Gasteiger partial charge in [0, 0.05) is 24.2 Å². The Morgan fingerprint density at radius 1 is 0.800 bits per heavy atom. The Labute approximate surface area is 207 Å². The average Bonchev–Trinajstić information content (AvgIpc) is 2.73. The highest BCUT2D eigenvalue weighted by Crippen LogP contribution is 2.32. The number of anilines is 2. The fourth-order valence-electron chi connectivity index (χ4n) is 3.46. The second-order valence-corrected chi connectivity index (χ2v) is 8.84. The van der Waals surface area contributed by atoms with E-state index in [-0.39, 0.29) is 36.7 Å². The van der Waals surface area contributed by atoms with Crippen molar-refractivity contribution >= 4 is 29.1 Å². The smallest absolute Gasteiger partial charge is 0.338 e. The molecule has 2 aromatic carbocycles. The van der Waals surface area contributed by atoms with E-state index in [9.17, 15) is 14.4 Å². The van der Waals surface area contributed by atoms with Gasteiger partial charge >= 0.3 is 11.9 Å². The van der Waals surface area contributed by atoms with Crippen molar-refractivity contribution < 1.29 is 23.9 Å². The Bertz CT molecular complexity index is 940. The van der Waals surface area contributed by atoms with Crippen LogP contribution in [-0.4, -0.2) is 30.9 Å². The summed E-state index contributed by atoms with van der Waals surface area (Å²) in [5.74, 6) is -0.585. The van der Waals surface area contributed by atoms with E-state index in [4.69, 9.17) is 20.9 Å².